The zero-order valence-corrected chi connectivity index (χ0v) is 11.0. The standard InChI is InChI=1S/C14H21NS/c1-4-5-9-13(15-3)11-16-14-10-7-6-8-12(14)2/h4,6-8,10,13,15H,1,5,9,11H2,2-3H3. The van der Waals surface area contributed by atoms with Gasteiger partial charge in [-0.15, -0.1) is 18.3 Å². The van der Waals surface area contributed by atoms with E-state index in [9.17, 15) is 0 Å². The number of nitrogens with one attached hydrogen (secondary N) is 1. The molecular formula is C14H21NS. The number of allylic oxidation sites excluding steroid dienone is 1. The van der Waals surface area contributed by atoms with E-state index in [2.05, 4.69) is 43.1 Å². The molecule has 0 saturated carbocycles. The van der Waals surface area contributed by atoms with Gasteiger partial charge in [-0.05, 0) is 38.4 Å². The minimum Gasteiger partial charge on any atom is -0.316 e. The van der Waals surface area contributed by atoms with E-state index in [4.69, 9.17) is 0 Å². The molecule has 88 valence electrons. The molecule has 0 amide bonds. The predicted octanol–water partition coefficient (Wildman–Crippen LogP) is 3.64. The number of aryl methyl sites for hydroxylation is 1. The second kappa shape index (κ2) is 7.53. The zero-order valence-electron chi connectivity index (χ0n) is 10.2. The highest BCUT2D eigenvalue weighted by molar-refractivity contribution is 7.99. The average molecular weight is 235 g/mol. The van der Waals surface area contributed by atoms with E-state index >= 15 is 0 Å². The molecule has 0 radical (unpaired) electrons. The van der Waals surface area contributed by atoms with Gasteiger partial charge in [0.2, 0.25) is 0 Å². The lowest BCUT2D eigenvalue weighted by Crippen LogP contribution is -2.27. The molecule has 0 fully saturated rings. The monoisotopic (exact) mass is 235 g/mol. The van der Waals surface area contributed by atoms with Crippen LogP contribution in [0.1, 0.15) is 18.4 Å². The van der Waals surface area contributed by atoms with Crippen LogP contribution in [0, 0.1) is 6.92 Å². The molecule has 1 aromatic carbocycles. The van der Waals surface area contributed by atoms with Gasteiger partial charge >= 0.3 is 0 Å². The first-order valence-electron chi connectivity index (χ1n) is 5.74. The van der Waals surface area contributed by atoms with E-state index in [0.29, 0.717) is 6.04 Å². The summed E-state index contributed by atoms with van der Waals surface area (Å²) in [5.74, 6) is 1.12. The van der Waals surface area contributed by atoms with Gasteiger partial charge < -0.3 is 5.32 Å². The van der Waals surface area contributed by atoms with E-state index in [1.807, 2.05) is 24.9 Å². The van der Waals surface area contributed by atoms with Gasteiger partial charge in [0.05, 0.1) is 0 Å². The van der Waals surface area contributed by atoms with Gasteiger partial charge in [0.15, 0.2) is 0 Å². The summed E-state index contributed by atoms with van der Waals surface area (Å²) in [5.41, 5.74) is 1.37. The van der Waals surface area contributed by atoms with Gasteiger partial charge in [-0.2, -0.15) is 0 Å². The minimum absolute atomic E-state index is 0.572. The van der Waals surface area contributed by atoms with Crippen LogP contribution in [0.15, 0.2) is 41.8 Å². The van der Waals surface area contributed by atoms with Crippen molar-refractivity contribution in [2.45, 2.75) is 30.7 Å². The molecule has 1 atom stereocenters. The van der Waals surface area contributed by atoms with Crippen molar-refractivity contribution in [3.63, 3.8) is 0 Å². The smallest absolute Gasteiger partial charge is 0.0161 e. The maximum atomic E-state index is 3.76. The quantitative estimate of drug-likeness (QED) is 0.572. The van der Waals surface area contributed by atoms with Crippen LogP contribution in [0.2, 0.25) is 0 Å². The van der Waals surface area contributed by atoms with Crippen LogP contribution in [0.3, 0.4) is 0 Å². The maximum Gasteiger partial charge on any atom is 0.0161 e. The predicted molar refractivity (Wildman–Crippen MR) is 74.2 cm³/mol. The van der Waals surface area contributed by atoms with Crippen LogP contribution in [0.25, 0.3) is 0 Å². The Hall–Kier alpha value is -0.730. The number of thioether (sulfide) groups is 1. The summed E-state index contributed by atoms with van der Waals surface area (Å²) in [6, 6.07) is 9.13. The van der Waals surface area contributed by atoms with Gasteiger partial charge in [0, 0.05) is 16.7 Å². The fraction of sp³-hybridized carbons (Fsp3) is 0.429. The average Bonchev–Trinajstić information content (AvgIpc) is 2.31. The summed E-state index contributed by atoms with van der Waals surface area (Å²) in [5, 5.41) is 3.36. The third-order valence-electron chi connectivity index (χ3n) is 2.66. The van der Waals surface area contributed by atoms with Crippen molar-refractivity contribution in [3.05, 3.63) is 42.5 Å². The van der Waals surface area contributed by atoms with Crippen molar-refractivity contribution in [1.82, 2.24) is 5.32 Å². The largest absolute Gasteiger partial charge is 0.316 e. The lowest BCUT2D eigenvalue weighted by molar-refractivity contribution is 0.579. The van der Waals surface area contributed by atoms with Gasteiger partial charge in [-0.3, -0.25) is 0 Å². The summed E-state index contributed by atoms with van der Waals surface area (Å²) >= 11 is 1.93. The first kappa shape index (κ1) is 13.3. The maximum absolute atomic E-state index is 3.76. The molecule has 0 bridgehead atoms. The molecule has 1 rings (SSSR count). The van der Waals surface area contributed by atoms with E-state index in [-0.39, 0.29) is 0 Å². The van der Waals surface area contributed by atoms with Gasteiger partial charge in [-0.1, -0.05) is 24.3 Å². The van der Waals surface area contributed by atoms with Gasteiger partial charge in [0.1, 0.15) is 0 Å². The summed E-state index contributed by atoms with van der Waals surface area (Å²) < 4.78 is 0. The molecule has 16 heavy (non-hydrogen) atoms. The molecule has 1 unspecified atom stereocenters. The minimum atomic E-state index is 0.572. The van der Waals surface area contributed by atoms with Crippen molar-refractivity contribution in [2.75, 3.05) is 12.8 Å². The lowest BCUT2D eigenvalue weighted by Gasteiger charge is -2.15. The molecule has 0 spiro atoms. The Balaban J connectivity index is 2.43. The van der Waals surface area contributed by atoms with Crippen LogP contribution in [0.5, 0.6) is 0 Å². The van der Waals surface area contributed by atoms with Crippen molar-refractivity contribution in [1.29, 1.82) is 0 Å². The van der Waals surface area contributed by atoms with Crippen molar-refractivity contribution in [3.8, 4) is 0 Å². The number of hydrogen-bond acceptors (Lipinski definition) is 2. The first-order valence-corrected chi connectivity index (χ1v) is 6.73. The third-order valence-corrected chi connectivity index (χ3v) is 4.00. The molecule has 2 heteroatoms. The Labute approximate surface area is 103 Å². The Bertz CT molecular complexity index is 322. The van der Waals surface area contributed by atoms with E-state index in [1.54, 1.807) is 0 Å². The summed E-state index contributed by atoms with van der Waals surface area (Å²) in [7, 11) is 2.03. The second-order valence-electron chi connectivity index (χ2n) is 3.93. The van der Waals surface area contributed by atoms with Gasteiger partial charge in [0.25, 0.3) is 0 Å². The molecule has 0 heterocycles. The molecular weight excluding hydrogens is 214 g/mol. The highest BCUT2D eigenvalue weighted by atomic mass is 32.2. The van der Waals surface area contributed by atoms with E-state index in [0.717, 1.165) is 12.2 Å². The molecule has 0 saturated heterocycles. The number of rotatable bonds is 7. The number of benzene rings is 1. The fourth-order valence-electron chi connectivity index (χ4n) is 1.54. The van der Waals surface area contributed by atoms with Crippen LogP contribution in [0.4, 0.5) is 0 Å². The van der Waals surface area contributed by atoms with E-state index < -0.39 is 0 Å². The van der Waals surface area contributed by atoms with E-state index in [1.165, 1.54) is 16.9 Å². The molecule has 1 aromatic rings. The third kappa shape index (κ3) is 4.42. The molecule has 0 aromatic heterocycles. The second-order valence-corrected chi connectivity index (χ2v) is 4.99. The van der Waals surface area contributed by atoms with Gasteiger partial charge in [-0.25, -0.2) is 0 Å². The summed E-state index contributed by atoms with van der Waals surface area (Å²) in [6.45, 7) is 5.93. The zero-order chi connectivity index (χ0) is 11.8. The van der Waals surface area contributed by atoms with Crippen LogP contribution in [-0.4, -0.2) is 18.8 Å². The van der Waals surface area contributed by atoms with Crippen LogP contribution < -0.4 is 5.32 Å². The van der Waals surface area contributed by atoms with Crippen LogP contribution >= 0.6 is 11.8 Å². The highest BCUT2D eigenvalue weighted by Crippen LogP contribution is 2.23. The number of hydrogen-bond donors (Lipinski definition) is 1. The van der Waals surface area contributed by atoms with Crippen molar-refractivity contribution in [2.24, 2.45) is 0 Å². The fourth-order valence-corrected chi connectivity index (χ4v) is 2.72. The Morgan fingerprint density at radius 2 is 2.19 bits per heavy atom. The lowest BCUT2D eigenvalue weighted by atomic mass is 10.2. The Kier molecular flexibility index (Phi) is 6.27. The molecule has 0 aliphatic rings. The molecule has 0 aliphatic heterocycles. The van der Waals surface area contributed by atoms with Crippen LogP contribution in [-0.2, 0) is 0 Å². The summed E-state index contributed by atoms with van der Waals surface area (Å²) in [6.07, 6.45) is 4.24. The first-order chi connectivity index (χ1) is 7.77. The Morgan fingerprint density at radius 1 is 1.44 bits per heavy atom. The highest BCUT2D eigenvalue weighted by Gasteiger charge is 2.06. The molecule has 1 nitrogen and oxygen atoms in total. The van der Waals surface area contributed by atoms with Crippen molar-refractivity contribution >= 4 is 11.8 Å². The molecule has 1 N–H and O–H groups in total. The molecule has 0 aliphatic carbocycles. The SMILES string of the molecule is C=CCCC(CSc1ccccc1C)NC. The normalized spacial score (nSPS) is 12.4. The Morgan fingerprint density at radius 3 is 2.81 bits per heavy atom. The summed E-state index contributed by atoms with van der Waals surface area (Å²) in [4.78, 5) is 1.39. The van der Waals surface area contributed by atoms with Crippen molar-refractivity contribution < 1.29 is 0 Å². The topological polar surface area (TPSA) is 12.0 Å².